The van der Waals surface area contributed by atoms with Crippen molar-refractivity contribution in [3.8, 4) is 5.69 Å². The second-order valence-corrected chi connectivity index (χ2v) is 14.6. The maximum Gasteiger partial charge on any atom is 0.335 e. The Morgan fingerprint density at radius 2 is 1.51 bits per heavy atom. The molecule has 1 heterocycles. The molecule has 3 N–H and O–H groups in total. The molecule has 0 spiro atoms. The molecule has 51 heavy (non-hydrogen) atoms. The van der Waals surface area contributed by atoms with Gasteiger partial charge in [-0.3, -0.25) is 19.1 Å². The van der Waals surface area contributed by atoms with Crippen LogP contribution in [0.25, 0.3) is 5.69 Å². The van der Waals surface area contributed by atoms with E-state index in [0.717, 1.165) is 16.7 Å². The van der Waals surface area contributed by atoms with Gasteiger partial charge in [0, 0.05) is 42.9 Å². The molecule has 0 bridgehead atoms. The number of benzene rings is 3. The quantitative estimate of drug-likeness (QED) is 0.197. The van der Waals surface area contributed by atoms with Crippen molar-refractivity contribution in [3.63, 3.8) is 0 Å². The molecule has 0 radical (unpaired) electrons. The summed E-state index contributed by atoms with van der Waals surface area (Å²) in [5, 5.41) is 5.09. The molecule has 2 amide bonds. The third kappa shape index (κ3) is 9.54. The smallest absolute Gasteiger partial charge is 0.335 e. The lowest BCUT2D eigenvalue weighted by atomic mass is 10.0. The number of hydrogen-bond acceptors (Lipinski definition) is 8. The minimum absolute atomic E-state index is 0.169. The highest BCUT2D eigenvalue weighted by Gasteiger charge is 2.27. The van der Waals surface area contributed by atoms with Crippen LogP contribution in [0.5, 0.6) is 0 Å². The predicted molar refractivity (Wildman–Crippen MR) is 184 cm³/mol. The molecule has 0 aliphatic rings. The number of halogens is 2. The molecule has 3 aromatic carbocycles. The summed E-state index contributed by atoms with van der Waals surface area (Å²) >= 11 is 0. The number of aryl methyl sites for hydroxylation is 1. The first-order valence-electron chi connectivity index (χ1n) is 15.6. The third-order valence-corrected chi connectivity index (χ3v) is 8.57. The van der Waals surface area contributed by atoms with Crippen LogP contribution < -0.4 is 26.6 Å². The van der Waals surface area contributed by atoms with Gasteiger partial charge in [-0.2, -0.15) is 0 Å². The molecule has 16 heteroatoms. The number of carbonyl (C=O) groups excluding carboxylic acids is 3. The summed E-state index contributed by atoms with van der Waals surface area (Å²) in [6.07, 6.45) is 0.582. The molecule has 0 aliphatic carbocycles. The normalized spacial score (nSPS) is 12.3. The molecule has 1 atom stereocenters. The maximum absolute atomic E-state index is 15.2. The standard InChI is InChI=1S/C35H37F2N5O8S/c1-20(2)50-33(46)29(17-21-7-11-23(12-8-21)42-30(43)15-16-41(6)34(42)47)38-32(45)25-18-27(37)28(19-26(25)36)40-51(48,49)24-13-9-22(10-14-24)31(44)39-35(3,4)5/h7-16,18-20,29,40H,17H2,1-6H3,(H,38,45)(H,39,44)/t29-/m0/s1. The molecular weight excluding hydrogens is 688 g/mol. The van der Waals surface area contributed by atoms with Crippen molar-refractivity contribution < 1.29 is 36.3 Å². The Kier molecular flexibility index (Phi) is 11.3. The van der Waals surface area contributed by atoms with Crippen LogP contribution in [0.2, 0.25) is 0 Å². The Hall–Kier alpha value is -5.64. The van der Waals surface area contributed by atoms with Gasteiger partial charge in [-0.1, -0.05) is 12.1 Å². The Bertz CT molecular complexity index is 2190. The molecule has 0 fully saturated rings. The fraction of sp³-hybridized carbons (Fsp3) is 0.286. The van der Waals surface area contributed by atoms with Crippen molar-refractivity contribution in [1.82, 2.24) is 19.8 Å². The van der Waals surface area contributed by atoms with Crippen molar-refractivity contribution in [3.05, 3.63) is 122 Å². The lowest BCUT2D eigenvalue weighted by Crippen LogP contribution is -2.44. The van der Waals surface area contributed by atoms with E-state index in [2.05, 4.69) is 10.6 Å². The molecule has 1 aromatic heterocycles. The summed E-state index contributed by atoms with van der Waals surface area (Å²) in [6, 6.07) is 11.6. The van der Waals surface area contributed by atoms with E-state index in [9.17, 15) is 32.4 Å². The van der Waals surface area contributed by atoms with Gasteiger partial charge in [0.1, 0.15) is 17.7 Å². The second-order valence-electron chi connectivity index (χ2n) is 12.9. The lowest BCUT2D eigenvalue weighted by molar-refractivity contribution is -0.149. The predicted octanol–water partition coefficient (Wildman–Crippen LogP) is 3.44. The van der Waals surface area contributed by atoms with E-state index in [1.807, 2.05) is 4.72 Å². The number of aromatic nitrogens is 2. The van der Waals surface area contributed by atoms with Gasteiger partial charge in [0.25, 0.3) is 27.4 Å². The topological polar surface area (TPSA) is 175 Å². The fourth-order valence-corrected chi connectivity index (χ4v) is 5.82. The molecule has 0 aliphatic heterocycles. The lowest BCUT2D eigenvalue weighted by Gasteiger charge is -2.20. The molecule has 0 saturated carbocycles. The fourth-order valence-electron chi connectivity index (χ4n) is 4.77. The van der Waals surface area contributed by atoms with Gasteiger partial charge >= 0.3 is 11.7 Å². The monoisotopic (exact) mass is 725 g/mol. The van der Waals surface area contributed by atoms with E-state index in [1.165, 1.54) is 60.3 Å². The molecule has 0 unspecified atom stereocenters. The number of nitrogens with zero attached hydrogens (tertiary/aromatic N) is 2. The van der Waals surface area contributed by atoms with Crippen molar-refractivity contribution in [2.45, 2.75) is 63.6 Å². The summed E-state index contributed by atoms with van der Waals surface area (Å²) < 4.78 is 65.7. The van der Waals surface area contributed by atoms with Gasteiger partial charge in [0.05, 0.1) is 27.9 Å². The van der Waals surface area contributed by atoms with Crippen molar-refractivity contribution >= 4 is 33.5 Å². The highest BCUT2D eigenvalue weighted by Crippen LogP contribution is 2.24. The average Bonchev–Trinajstić information content (AvgIpc) is 3.03. The molecule has 270 valence electrons. The molecule has 4 aromatic rings. The molecule has 4 rings (SSSR count). The Morgan fingerprint density at radius 3 is 2.10 bits per heavy atom. The molecule has 13 nitrogen and oxygen atoms in total. The van der Waals surface area contributed by atoms with Gasteiger partial charge in [-0.25, -0.2) is 31.4 Å². The third-order valence-electron chi connectivity index (χ3n) is 7.19. The van der Waals surface area contributed by atoms with E-state index >= 15 is 8.78 Å². The largest absolute Gasteiger partial charge is 0.461 e. The van der Waals surface area contributed by atoms with Crippen LogP contribution in [0.15, 0.2) is 87.4 Å². The second kappa shape index (κ2) is 15.1. The van der Waals surface area contributed by atoms with Crippen molar-refractivity contribution in [1.29, 1.82) is 0 Å². The Morgan fingerprint density at radius 1 is 0.882 bits per heavy atom. The highest BCUT2D eigenvalue weighted by atomic mass is 32.2. The molecule has 0 saturated heterocycles. The SMILES string of the molecule is CC(C)OC(=O)[C@H](Cc1ccc(-n2c(=O)ccn(C)c2=O)cc1)NC(=O)c1cc(F)c(NS(=O)(=O)c2ccc(C(=O)NC(C)(C)C)cc2)cc1F. The van der Waals surface area contributed by atoms with Crippen LogP contribution in [0, 0.1) is 11.6 Å². The number of sulfonamides is 1. The van der Waals surface area contributed by atoms with Gasteiger partial charge in [0.15, 0.2) is 0 Å². The number of hydrogen-bond donors (Lipinski definition) is 3. The number of nitrogens with one attached hydrogen (secondary N) is 3. The Balaban J connectivity index is 1.53. The average molecular weight is 726 g/mol. The van der Waals surface area contributed by atoms with Crippen LogP contribution in [0.1, 0.15) is 60.9 Å². The van der Waals surface area contributed by atoms with E-state index in [4.69, 9.17) is 4.74 Å². The first-order valence-corrected chi connectivity index (χ1v) is 17.1. The van der Waals surface area contributed by atoms with Gasteiger partial charge in [0.2, 0.25) is 0 Å². The number of rotatable bonds is 11. The summed E-state index contributed by atoms with van der Waals surface area (Å²) in [4.78, 5) is 63.0. The minimum Gasteiger partial charge on any atom is -0.461 e. The van der Waals surface area contributed by atoms with Crippen LogP contribution in [0.3, 0.4) is 0 Å². The Labute approximate surface area is 292 Å². The van der Waals surface area contributed by atoms with E-state index in [0.29, 0.717) is 17.7 Å². The van der Waals surface area contributed by atoms with E-state index < -0.39 is 79.6 Å². The van der Waals surface area contributed by atoms with Crippen molar-refractivity contribution in [2.75, 3.05) is 4.72 Å². The summed E-state index contributed by atoms with van der Waals surface area (Å²) in [5.74, 6) is -5.08. The first kappa shape index (κ1) is 38.2. The van der Waals surface area contributed by atoms with Gasteiger partial charge < -0.3 is 19.9 Å². The zero-order valence-electron chi connectivity index (χ0n) is 28.6. The van der Waals surface area contributed by atoms with Crippen molar-refractivity contribution in [2.24, 2.45) is 7.05 Å². The zero-order valence-corrected chi connectivity index (χ0v) is 29.4. The first-order chi connectivity index (χ1) is 23.8. The number of amides is 2. The zero-order chi connectivity index (χ0) is 37.8. The van der Waals surface area contributed by atoms with Crippen LogP contribution >= 0.6 is 0 Å². The minimum atomic E-state index is -4.46. The summed E-state index contributed by atoms with van der Waals surface area (Å²) in [6.45, 7) is 8.49. The number of carbonyl (C=O) groups is 3. The van der Waals surface area contributed by atoms with E-state index in [1.54, 1.807) is 34.6 Å². The molecular formula is C35H37F2N5O8S. The maximum atomic E-state index is 15.2. The van der Waals surface area contributed by atoms with Crippen LogP contribution in [-0.2, 0) is 33.0 Å². The number of esters is 1. The van der Waals surface area contributed by atoms with Crippen LogP contribution in [0.4, 0.5) is 14.5 Å². The number of anilines is 1. The van der Waals surface area contributed by atoms with Crippen LogP contribution in [-0.4, -0.2) is 53.0 Å². The number of ether oxygens (including phenoxy) is 1. The summed E-state index contributed by atoms with van der Waals surface area (Å²) in [7, 11) is -2.97. The van der Waals surface area contributed by atoms with Gasteiger partial charge in [-0.15, -0.1) is 0 Å². The summed E-state index contributed by atoms with van der Waals surface area (Å²) in [5.41, 5.74) is -2.38. The highest BCUT2D eigenvalue weighted by molar-refractivity contribution is 7.92. The van der Waals surface area contributed by atoms with Gasteiger partial charge in [-0.05, 0) is 82.6 Å². The van der Waals surface area contributed by atoms with E-state index in [-0.39, 0.29) is 22.6 Å².